The summed E-state index contributed by atoms with van der Waals surface area (Å²) < 4.78 is 57.6. The number of imidazole rings is 1. The Kier molecular flexibility index (Phi) is 6.72. The maximum absolute atomic E-state index is 13.6. The van der Waals surface area contributed by atoms with Gasteiger partial charge in [-0.25, -0.2) is 24.1 Å². The predicted octanol–water partition coefficient (Wildman–Crippen LogP) is -1.35. The van der Waals surface area contributed by atoms with Crippen LogP contribution in [0.15, 0.2) is 17.4 Å². The summed E-state index contributed by atoms with van der Waals surface area (Å²) in [5.41, 5.74) is 9.93. The third kappa shape index (κ3) is 4.61. The maximum Gasteiger partial charge on any atom is 0.472 e. The summed E-state index contributed by atoms with van der Waals surface area (Å²) in [6, 6.07) is -0.762. The van der Waals surface area contributed by atoms with Crippen LogP contribution in [-0.4, -0.2) is 103 Å². The van der Waals surface area contributed by atoms with Gasteiger partial charge in [-0.15, -0.1) is 5.10 Å². The number of aromatic amines is 1. The van der Waals surface area contributed by atoms with Crippen LogP contribution in [0.2, 0.25) is 0 Å². The zero-order valence-electron chi connectivity index (χ0n) is 23.1. The Balaban J connectivity index is 1.14. The number of nitrogen functional groups attached to an aromatic ring is 2. The van der Waals surface area contributed by atoms with E-state index in [1.54, 1.807) is 4.57 Å². The Morgan fingerprint density at radius 3 is 2.70 bits per heavy atom. The largest absolute Gasteiger partial charge is 0.472 e. The van der Waals surface area contributed by atoms with Gasteiger partial charge in [0.15, 0.2) is 28.9 Å². The van der Waals surface area contributed by atoms with Crippen molar-refractivity contribution in [1.82, 2.24) is 44.5 Å². The third-order valence-electron chi connectivity index (χ3n) is 8.83. The summed E-state index contributed by atoms with van der Waals surface area (Å²) in [4.78, 5) is 41.9. The molecule has 11 atom stereocenters. The molecule has 46 heavy (non-hydrogen) atoms. The maximum atomic E-state index is 13.6. The first kappa shape index (κ1) is 30.3. The molecule has 4 aromatic heterocycles. The third-order valence-corrected chi connectivity index (χ3v) is 11.4. The van der Waals surface area contributed by atoms with E-state index in [1.807, 2.05) is 0 Å². The van der Waals surface area contributed by atoms with Gasteiger partial charge in [0.25, 0.3) is 5.56 Å². The number of phosphoric ester groups is 1. The molecule has 8 rings (SSSR count). The van der Waals surface area contributed by atoms with E-state index >= 15 is 0 Å². The normalized spacial score (nSPS) is 41.0. The van der Waals surface area contributed by atoms with Gasteiger partial charge < -0.3 is 35.9 Å². The van der Waals surface area contributed by atoms with Crippen molar-refractivity contribution < 1.29 is 47.1 Å². The van der Waals surface area contributed by atoms with Crippen LogP contribution in [-0.2, 0) is 32.0 Å². The molecule has 4 aromatic rings. The Morgan fingerprint density at radius 1 is 1.09 bits per heavy atom. The first-order valence-corrected chi connectivity index (χ1v) is 17.8. The van der Waals surface area contributed by atoms with Crippen LogP contribution in [0.5, 0.6) is 0 Å². The lowest BCUT2D eigenvalue weighted by Crippen LogP contribution is -2.37. The van der Waals surface area contributed by atoms with E-state index < -0.39 is 87.5 Å². The topological polar surface area (TPSA) is 313 Å². The fraction of sp³-hybridized carbons (Fsp3) is 0.571. The predicted molar refractivity (Wildman–Crippen MR) is 154 cm³/mol. The van der Waals surface area contributed by atoms with Gasteiger partial charge in [-0.3, -0.25) is 27.9 Å². The molecule has 2 aliphatic carbocycles. The number of ether oxygens (including phenoxy) is 1. The van der Waals surface area contributed by atoms with E-state index in [1.165, 1.54) is 12.7 Å². The Hall–Kier alpha value is -3.08. The molecular formula is C21H25N11O11P2S. The first-order chi connectivity index (χ1) is 21.8. The minimum absolute atomic E-state index is 0.123. The second kappa shape index (κ2) is 10.2. The van der Waals surface area contributed by atoms with Crippen LogP contribution >= 0.6 is 26.9 Å². The SMILES string of the molecule is Nc1nc2c(nnn2[C@@H]2O[C@@H]3CO[P@](=O)(S)O[C@H]4[C@@H](O)[C@H](n5cnc6c(N)ncnc65)[C@H]5CC54COP(=O)(O)O[C@@H]2[C@@H]3O)c(=O)[nH]1. The molecule has 0 amide bonds. The lowest BCUT2D eigenvalue weighted by molar-refractivity contribution is -0.0641. The number of nitrogens with zero attached hydrogens (tertiary/aromatic N) is 8. The number of thiol groups is 1. The van der Waals surface area contributed by atoms with Crippen LogP contribution < -0.4 is 17.0 Å². The highest BCUT2D eigenvalue weighted by molar-refractivity contribution is 8.44. The molecular weight excluding hydrogens is 676 g/mol. The van der Waals surface area contributed by atoms with Gasteiger partial charge in [0.1, 0.15) is 42.4 Å². The highest BCUT2D eigenvalue weighted by Crippen LogP contribution is 2.73. The molecule has 22 nitrogen and oxygen atoms in total. The molecule has 4 aliphatic rings. The van der Waals surface area contributed by atoms with Crippen LogP contribution in [0.3, 0.4) is 0 Å². The number of phosphoric acid groups is 1. The molecule has 2 bridgehead atoms. The van der Waals surface area contributed by atoms with Crippen molar-refractivity contribution in [3.05, 3.63) is 23.0 Å². The summed E-state index contributed by atoms with van der Waals surface area (Å²) in [6.45, 7) is -5.46. The number of aliphatic hydroxyl groups excluding tert-OH is 2. The molecule has 0 aromatic carbocycles. The zero-order chi connectivity index (χ0) is 32.3. The van der Waals surface area contributed by atoms with Crippen LogP contribution in [0.1, 0.15) is 18.7 Å². The molecule has 246 valence electrons. The summed E-state index contributed by atoms with van der Waals surface area (Å²) >= 11 is 4.11. The molecule has 2 unspecified atom stereocenters. The van der Waals surface area contributed by atoms with Crippen molar-refractivity contribution in [2.75, 3.05) is 24.7 Å². The average Bonchev–Trinajstić information content (AvgIpc) is 3.26. The second-order valence-corrected chi connectivity index (χ2v) is 15.7. The Labute approximate surface area is 260 Å². The van der Waals surface area contributed by atoms with Gasteiger partial charge in [0.05, 0.1) is 25.6 Å². The van der Waals surface area contributed by atoms with Crippen LogP contribution in [0.4, 0.5) is 11.8 Å². The summed E-state index contributed by atoms with van der Waals surface area (Å²) in [7, 11) is -5.03. The standard InChI is InChI=1S/C21H25N11O11P2S/c22-15-8-16(25-4-24-15)31(5-26-8)10-6-1-21(6)3-40-44(36,37)42-13-11(33)7(2-39-45(38,46)43-14(21)12(10)34)41-19(13)32-17-9(29-30-32)18(35)28-20(23)27-17/h4-7,10-14,19,33-34H,1-3H2,(H,36,37)(H,38,46)(H2,22,24,25)(H3,23,27,28,35)/t6-,7-,10-,11-,12+,13-,14+,19-,21?,45+/m1/s1. The van der Waals surface area contributed by atoms with Crippen LogP contribution in [0.25, 0.3) is 22.3 Å². The van der Waals surface area contributed by atoms with Gasteiger partial charge in [-0.1, -0.05) is 17.5 Å². The van der Waals surface area contributed by atoms with Crippen molar-refractivity contribution in [1.29, 1.82) is 0 Å². The Morgan fingerprint density at radius 2 is 1.89 bits per heavy atom. The van der Waals surface area contributed by atoms with E-state index in [9.17, 15) is 29.0 Å². The van der Waals surface area contributed by atoms with Gasteiger partial charge in [0.2, 0.25) is 5.95 Å². The number of anilines is 2. The van der Waals surface area contributed by atoms with Crippen molar-refractivity contribution in [3.8, 4) is 0 Å². The van der Waals surface area contributed by atoms with Crippen LogP contribution in [0, 0.1) is 11.3 Å². The highest BCUT2D eigenvalue weighted by atomic mass is 32.7. The number of H-pyrrole nitrogens is 1. The molecule has 2 saturated heterocycles. The molecule has 6 heterocycles. The molecule has 1 spiro atoms. The van der Waals surface area contributed by atoms with E-state index in [-0.39, 0.29) is 22.9 Å². The number of nitrogens with one attached hydrogen (secondary N) is 1. The van der Waals surface area contributed by atoms with E-state index in [0.717, 1.165) is 4.68 Å². The van der Waals surface area contributed by atoms with Crippen molar-refractivity contribution in [3.63, 3.8) is 0 Å². The van der Waals surface area contributed by atoms with Gasteiger partial charge >= 0.3 is 14.6 Å². The van der Waals surface area contributed by atoms with E-state index in [4.69, 9.17) is 34.3 Å². The molecule has 25 heteroatoms. The molecule has 8 N–H and O–H groups in total. The van der Waals surface area contributed by atoms with Crippen molar-refractivity contribution in [2.24, 2.45) is 11.3 Å². The fourth-order valence-corrected chi connectivity index (χ4v) is 9.20. The number of hydrogen-bond donors (Lipinski definition) is 7. The minimum atomic E-state index is -5.03. The lowest BCUT2D eigenvalue weighted by Gasteiger charge is -2.30. The van der Waals surface area contributed by atoms with Gasteiger partial charge in [0, 0.05) is 5.41 Å². The van der Waals surface area contributed by atoms with E-state index in [0.29, 0.717) is 17.6 Å². The highest BCUT2D eigenvalue weighted by Gasteiger charge is 2.74. The number of aromatic nitrogens is 9. The van der Waals surface area contributed by atoms with Crippen molar-refractivity contribution >= 4 is 61.0 Å². The number of nitrogens with two attached hydrogens (primary N) is 2. The molecule has 4 fully saturated rings. The summed E-state index contributed by atoms with van der Waals surface area (Å²) in [6.07, 6.45) is -5.94. The minimum Gasteiger partial charge on any atom is -0.388 e. The molecule has 0 radical (unpaired) electrons. The lowest BCUT2D eigenvalue weighted by atomic mass is 10.0. The number of fused-ring (bicyclic) bond motifs is 4. The zero-order valence-corrected chi connectivity index (χ0v) is 25.8. The smallest absolute Gasteiger partial charge is 0.388 e. The van der Waals surface area contributed by atoms with Crippen molar-refractivity contribution in [2.45, 2.75) is 49.2 Å². The molecule has 2 aliphatic heterocycles. The quantitative estimate of drug-likeness (QED) is 0.0938. The molecule has 2 saturated carbocycles. The van der Waals surface area contributed by atoms with E-state index in [2.05, 4.69) is 47.5 Å². The second-order valence-electron chi connectivity index (χ2n) is 11.4. The summed E-state index contributed by atoms with van der Waals surface area (Å²) in [5.74, 6) is -0.612. The Bertz CT molecular complexity index is 2050. The van der Waals surface area contributed by atoms with Gasteiger partial charge in [-0.05, 0) is 12.3 Å². The fourth-order valence-electron chi connectivity index (χ4n) is 6.68. The van der Waals surface area contributed by atoms with Gasteiger partial charge in [-0.2, -0.15) is 9.67 Å². The number of rotatable bonds is 2. The monoisotopic (exact) mass is 701 g/mol. The summed E-state index contributed by atoms with van der Waals surface area (Å²) in [5, 5.41) is 30.2. The number of hydrogen-bond acceptors (Lipinski definition) is 18. The number of aliphatic hydroxyl groups is 2. The average molecular weight is 702 g/mol. The first-order valence-electron chi connectivity index (χ1n) is 13.7.